The summed E-state index contributed by atoms with van der Waals surface area (Å²) in [7, 11) is 0. The summed E-state index contributed by atoms with van der Waals surface area (Å²) < 4.78 is 5.63. The topological polar surface area (TPSA) is 58.6 Å². The van der Waals surface area contributed by atoms with Crippen molar-refractivity contribution < 1.29 is 14.6 Å². The van der Waals surface area contributed by atoms with E-state index in [-0.39, 0.29) is 11.1 Å². The first-order chi connectivity index (χ1) is 7.48. The molecule has 0 amide bonds. The lowest BCUT2D eigenvalue weighted by molar-refractivity contribution is 0.0696. The smallest absolute Gasteiger partial charge is 0.335 e. The molecular weight excluding hydrogens is 206 g/mol. The minimum Gasteiger partial charge on any atom is -0.491 e. The zero-order valence-corrected chi connectivity index (χ0v) is 9.41. The molecule has 0 bridgehead atoms. The molecule has 0 saturated heterocycles. The Labute approximate surface area is 94.2 Å². The first-order valence-corrected chi connectivity index (χ1v) is 5.22. The Morgan fingerprint density at radius 3 is 2.94 bits per heavy atom. The van der Waals surface area contributed by atoms with Gasteiger partial charge in [-0.2, -0.15) is 0 Å². The van der Waals surface area contributed by atoms with E-state index < -0.39 is 5.97 Å². The second-order valence-corrected chi connectivity index (χ2v) is 4.65. The van der Waals surface area contributed by atoms with Gasteiger partial charge in [0.05, 0.1) is 5.56 Å². The minimum absolute atomic E-state index is 0.0948. The maximum Gasteiger partial charge on any atom is 0.335 e. The van der Waals surface area contributed by atoms with Gasteiger partial charge in [-0.25, -0.2) is 4.79 Å². The van der Waals surface area contributed by atoms with Crippen LogP contribution in [0.3, 0.4) is 0 Å². The number of hydrogen-bond donors (Lipinski definition) is 2. The molecule has 16 heavy (non-hydrogen) atoms. The number of rotatable bonds is 1. The van der Waals surface area contributed by atoms with Crippen molar-refractivity contribution >= 4 is 5.97 Å². The lowest BCUT2D eigenvalue weighted by atomic mass is 10.1. The molecule has 0 unspecified atom stereocenters. The van der Waals surface area contributed by atoms with E-state index >= 15 is 0 Å². The normalized spacial score (nSPS) is 18.1. The number of carboxylic acid groups (broad SMARTS) is 1. The molecule has 0 radical (unpaired) electrons. The van der Waals surface area contributed by atoms with Crippen molar-refractivity contribution in [1.82, 2.24) is 5.32 Å². The molecule has 0 aromatic heterocycles. The Kier molecular flexibility index (Phi) is 2.59. The predicted octanol–water partition coefficient (Wildman–Crippen LogP) is 1.65. The van der Waals surface area contributed by atoms with Crippen molar-refractivity contribution in [2.24, 2.45) is 0 Å². The highest BCUT2D eigenvalue weighted by Crippen LogP contribution is 2.25. The van der Waals surface area contributed by atoms with E-state index in [4.69, 9.17) is 9.84 Å². The first kappa shape index (κ1) is 11.0. The third kappa shape index (κ3) is 2.17. The van der Waals surface area contributed by atoms with Crippen LogP contribution in [0.15, 0.2) is 18.2 Å². The molecule has 0 spiro atoms. The van der Waals surface area contributed by atoms with Crippen LogP contribution in [0.25, 0.3) is 0 Å². The van der Waals surface area contributed by atoms with Crippen LogP contribution in [0.4, 0.5) is 0 Å². The van der Waals surface area contributed by atoms with Gasteiger partial charge in [0.15, 0.2) is 0 Å². The third-order valence-electron chi connectivity index (χ3n) is 2.66. The molecule has 1 aromatic carbocycles. The lowest BCUT2D eigenvalue weighted by Gasteiger charge is -2.22. The highest BCUT2D eigenvalue weighted by atomic mass is 16.5. The van der Waals surface area contributed by atoms with Gasteiger partial charge in [-0.1, -0.05) is 6.07 Å². The van der Waals surface area contributed by atoms with Gasteiger partial charge in [0.1, 0.15) is 12.4 Å². The predicted molar refractivity (Wildman–Crippen MR) is 59.8 cm³/mol. The first-order valence-electron chi connectivity index (χ1n) is 5.22. The number of fused-ring (bicyclic) bond motifs is 1. The van der Waals surface area contributed by atoms with Crippen molar-refractivity contribution in [3.05, 3.63) is 29.3 Å². The van der Waals surface area contributed by atoms with Crippen molar-refractivity contribution in [1.29, 1.82) is 0 Å². The average Bonchev–Trinajstić information content (AvgIpc) is 2.38. The zero-order valence-electron chi connectivity index (χ0n) is 9.41. The van der Waals surface area contributed by atoms with E-state index in [1.165, 1.54) is 0 Å². The van der Waals surface area contributed by atoms with Crippen molar-refractivity contribution in [2.45, 2.75) is 25.9 Å². The Bertz CT molecular complexity index is 426. The molecule has 1 aliphatic rings. The summed E-state index contributed by atoms with van der Waals surface area (Å²) in [6, 6.07) is 4.98. The Balaban J connectivity index is 2.32. The molecule has 1 aromatic rings. The fourth-order valence-electron chi connectivity index (χ4n) is 1.61. The van der Waals surface area contributed by atoms with Crippen LogP contribution >= 0.6 is 0 Å². The summed E-state index contributed by atoms with van der Waals surface area (Å²) >= 11 is 0. The van der Waals surface area contributed by atoms with E-state index in [2.05, 4.69) is 19.2 Å². The Morgan fingerprint density at radius 2 is 2.25 bits per heavy atom. The fraction of sp³-hybridized carbons (Fsp3) is 0.417. The highest BCUT2D eigenvalue weighted by molar-refractivity contribution is 5.88. The van der Waals surface area contributed by atoms with Crippen molar-refractivity contribution in [3.8, 4) is 5.75 Å². The number of benzene rings is 1. The monoisotopic (exact) mass is 221 g/mol. The third-order valence-corrected chi connectivity index (χ3v) is 2.66. The largest absolute Gasteiger partial charge is 0.491 e. The highest BCUT2D eigenvalue weighted by Gasteiger charge is 2.23. The molecule has 0 fully saturated rings. The van der Waals surface area contributed by atoms with Crippen LogP contribution in [-0.4, -0.2) is 23.2 Å². The zero-order chi connectivity index (χ0) is 11.8. The summed E-state index contributed by atoms with van der Waals surface area (Å²) in [6.07, 6.45) is 0. The van der Waals surface area contributed by atoms with Crippen LogP contribution in [0.2, 0.25) is 0 Å². The summed E-state index contributed by atoms with van der Waals surface area (Å²) in [5.41, 5.74) is 1.16. The number of aromatic carboxylic acids is 1. The maximum atomic E-state index is 10.8. The van der Waals surface area contributed by atoms with E-state index in [1.807, 2.05) is 0 Å². The summed E-state index contributed by atoms with van der Waals surface area (Å²) in [6.45, 7) is 5.33. The second kappa shape index (κ2) is 3.79. The van der Waals surface area contributed by atoms with Crippen molar-refractivity contribution in [2.75, 3.05) is 6.61 Å². The average molecular weight is 221 g/mol. The van der Waals surface area contributed by atoms with Crippen LogP contribution in [0.1, 0.15) is 29.8 Å². The van der Waals surface area contributed by atoms with Crippen LogP contribution in [0, 0.1) is 0 Å². The van der Waals surface area contributed by atoms with Crippen LogP contribution < -0.4 is 10.1 Å². The molecule has 2 rings (SSSR count). The SMILES string of the molecule is CC1(C)COc2cc(C(=O)O)ccc2CN1. The van der Waals surface area contributed by atoms with Gasteiger partial charge in [0.25, 0.3) is 0 Å². The molecule has 2 N–H and O–H groups in total. The van der Waals surface area contributed by atoms with E-state index in [1.54, 1.807) is 18.2 Å². The molecule has 4 nitrogen and oxygen atoms in total. The molecule has 1 heterocycles. The van der Waals surface area contributed by atoms with E-state index in [0.29, 0.717) is 18.9 Å². The van der Waals surface area contributed by atoms with Crippen LogP contribution in [-0.2, 0) is 6.54 Å². The Morgan fingerprint density at radius 1 is 1.50 bits per heavy atom. The van der Waals surface area contributed by atoms with Gasteiger partial charge in [-0.15, -0.1) is 0 Å². The minimum atomic E-state index is -0.928. The standard InChI is InChI=1S/C12H15NO3/c1-12(2)7-16-10-5-8(11(14)15)3-4-9(10)6-13-12/h3-5,13H,6-7H2,1-2H3,(H,14,15). The number of nitrogens with one attached hydrogen (secondary N) is 1. The van der Waals surface area contributed by atoms with Gasteiger partial charge < -0.3 is 15.2 Å². The van der Waals surface area contributed by atoms with Gasteiger partial charge in [-0.05, 0) is 26.0 Å². The maximum absolute atomic E-state index is 10.8. The van der Waals surface area contributed by atoms with Gasteiger partial charge in [-0.3, -0.25) is 0 Å². The molecular formula is C12H15NO3. The lowest BCUT2D eigenvalue weighted by Crippen LogP contribution is -2.42. The van der Waals surface area contributed by atoms with Crippen molar-refractivity contribution in [3.63, 3.8) is 0 Å². The number of ether oxygens (including phenoxy) is 1. The summed E-state index contributed by atoms with van der Waals surface area (Å²) in [4.78, 5) is 10.8. The molecule has 1 aliphatic heterocycles. The van der Waals surface area contributed by atoms with Gasteiger partial charge in [0, 0.05) is 17.6 Å². The molecule has 4 heteroatoms. The number of carboxylic acids is 1. The quantitative estimate of drug-likeness (QED) is 0.757. The molecule has 0 atom stereocenters. The number of hydrogen-bond acceptors (Lipinski definition) is 3. The fourth-order valence-corrected chi connectivity index (χ4v) is 1.61. The van der Waals surface area contributed by atoms with Gasteiger partial charge >= 0.3 is 5.97 Å². The van der Waals surface area contributed by atoms with Gasteiger partial charge in [0.2, 0.25) is 0 Å². The molecule has 0 saturated carbocycles. The van der Waals surface area contributed by atoms with Crippen LogP contribution in [0.5, 0.6) is 5.75 Å². The number of carbonyl (C=O) groups is 1. The Hall–Kier alpha value is -1.55. The summed E-state index contributed by atoms with van der Waals surface area (Å²) in [5, 5.41) is 12.2. The van der Waals surface area contributed by atoms with E-state index in [9.17, 15) is 4.79 Å². The molecule has 0 aliphatic carbocycles. The summed E-state index contributed by atoms with van der Waals surface area (Å²) in [5.74, 6) is -0.263. The molecule has 86 valence electrons. The second-order valence-electron chi connectivity index (χ2n) is 4.65. The van der Waals surface area contributed by atoms with E-state index in [0.717, 1.165) is 5.56 Å².